The summed E-state index contributed by atoms with van der Waals surface area (Å²) in [5.74, 6) is 0.414. The van der Waals surface area contributed by atoms with Crippen molar-refractivity contribution >= 4 is 5.91 Å². The van der Waals surface area contributed by atoms with E-state index in [0.29, 0.717) is 30.6 Å². The van der Waals surface area contributed by atoms with Crippen LogP contribution in [0.2, 0.25) is 0 Å². The highest BCUT2D eigenvalue weighted by atomic mass is 16.2. The van der Waals surface area contributed by atoms with E-state index >= 15 is 0 Å². The summed E-state index contributed by atoms with van der Waals surface area (Å²) in [5.41, 5.74) is 0. The Labute approximate surface area is 142 Å². The van der Waals surface area contributed by atoms with Gasteiger partial charge in [-0.3, -0.25) is 9.69 Å². The van der Waals surface area contributed by atoms with Crippen LogP contribution in [0.3, 0.4) is 0 Å². The first kappa shape index (κ1) is 17.2. The summed E-state index contributed by atoms with van der Waals surface area (Å²) < 4.78 is 0. The number of piperazine rings is 1. The first-order chi connectivity index (χ1) is 11.3. The van der Waals surface area contributed by atoms with Crippen LogP contribution in [0.1, 0.15) is 71.1 Å². The zero-order chi connectivity index (χ0) is 16.1. The van der Waals surface area contributed by atoms with Crippen LogP contribution in [0.5, 0.6) is 0 Å². The number of nitrogens with one attached hydrogen (secondary N) is 1. The van der Waals surface area contributed by atoms with Crippen LogP contribution >= 0.6 is 0 Å². The minimum Gasteiger partial charge on any atom is -0.336 e. The fourth-order valence-electron chi connectivity index (χ4n) is 4.80. The molecule has 3 fully saturated rings. The monoisotopic (exact) mass is 321 g/mol. The molecule has 0 spiro atoms. The molecular formula is C19H35N3O. The van der Waals surface area contributed by atoms with Gasteiger partial charge < -0.3 is 10.2 Å². The molecule has 2 saturated carbocycles. The van der Waals surface area contributed by atoms with E-state index in [1.807, 2.05) is 0 Å². The lowest BCUT2D eigenvalue weighted by Crippen LogP contribution is -2.56. The van der Waals surface area contributed by atoms with Gasteiger partial charge in [-0.05, 0) is 32.6 Å². The molecule has 0 radical (unpaired) electrons. The summed E-state index contributed by atoms with van der Waals surface area (Å²) in [5, 5.41) is 3.43. The molecule has 0 bridgehead atoms. The van der Waals surface area contributed by atoms with E-state index in [2.05, 4.69) is 22.0 Å². The SMILES string of the molecule is C[C@H]1CNCCN1CC(=O)N(C1CCCCC1)C1CCCCC1. The number of rotatable bonds is 4. The van der Waals surface area contributed by atoms with E-state index in [9.17, 15) is 4.79 Å². The summed E-state index contributed by atoms with van der Waals surface area (Å²) in [6.07, 6.45) is 12.9. The van der Waals surface area contributed by atoms with E-state index in [-0.39, 0.29) is 0 Å². The van der Waals surface area contributed by atoms with Crippen molar-refractivity contribution in [1.82, 2.24) is 15.1 Å². The molecule has 1 saturated heterocycles. The molecule has 0 aromatic rings. The lowest BCUT2D eigenvalue weighted by atomic mass is 9.88. The van der Waals surface area contributed by atoms with Gasteiger partial charge in [-0.2, -0.15) is 0 Å². The van der Waals surface area contributed by atoms with E-state index in [1.54, 1.807) is 0 Å². The predicted molar refractivity (Wildman–Crippen MR) is 94.5 cm³/mol. The maximum Gasteiger partial charge on any atom is 0.237 e. The Morgan fingerprint density at radius 3 is 2.09 bits per heavy atom. The van der Waals surface area contributed by atoms with Crippen LogP contribution in [-0.2, 0) is 4.79 Å². The van der Waals surface area contributed by atoms with E-state index in [0.717, 1.165) is 19.6 Å². The van der Waals surface area contributed by atoms with Crippen molar-refractivity contribution in [2.24, 2.45) is 0 Å². The molecule has 2 aliphatic carbocycles. The molecule has 1 atom stereocenters. The van der Waals surface area contributed by atoms with Crippen LogP contribution in [0.25, 0.3) is 0 Å². The minimum absolute atomic E-state index is 0.414. The maximum absolute atomic E-state index is 13.2. The molecule has 0 aromatic carbocycles. The second-order valence-electron chi connectivity index (χ2n) is 7.91. The van der Waals surface area contributed by atoms with Crippen molar-refractivity contribution in [3.63, 3.8) is 0 Å². The highest BCUT2D eigenvalue weighted by Crippen LogP contribution is 2.30. The van der Waals surface area contributed by atoms with Crippen molar-refractivity contribution < 1.29 is 4.79 Å². The topological polar surface area (TPSA) is 35.6 Å². The van der Waals surface area contributed by atoms with Crippen molar-refractivity contribution in [1.29, 1.82) is 0 Å². The number of nitrogens with zero attached hydrogens (tertiary/aromatic N) is 2. The van der Waals surface area contributed by atoms with Gasteiger partial charge >= 0.3 is 0 Å². The Bertz CT molecular complexity index is 357. The normalized spacial score (nSPS) is 28.7. The van der Waals surface area contributed by atoms with Gasteiger partial charge in [-0.15, -0.1) is 0 Å². The zero-order valence-electron chi connectivity index (χ0n) is 14.9. The number of carbonyl (C=O) groups is 1. The van der Waals surface area contributed by atoms with Crippen LogP contribution in [0.15, 0.2) is 0 Å². The Kier molecular flexibility index (Phi) is 6.35. The van der Waals surface area contributed by atoms with Crippen LogP contribution in [0, 0.1) is 0 Å². The molecule has 1 aliphatic heterocycles. The predicted octanol–water partition coefficient (Wildman–Crippen LogP) is 2.77. The third-order valence-electron chi connectivity index (χ3n) is 6.20. The second kappa shape index (κ2) is 8.48. The highest BCUT2D eigenvalue weighted by Gasteiger charge is 2.33. The number of hydrogen-bond donors (Lipinski definition) is 1. The van der Waals surface area contributed by atoms with Gasteiger partial charge in [0, 0.05) is 37.8 Å². The number of carbonyl (C=O) groups excluding carboxylic acids is 1. The van der Waals surface area contributed by atoms with Gasteiger partial charge in [0.05, 0.1) is 6.54 Å². The molecule has 1 amide bonds. The molecule has 4 nitrogen and oxygen atoms in total. The summed E-state index contributed by atoms with van der Waals surface area (Å²) >= 11 is 0. The summed E-state index contributed by atoms with van der Waals surface area (Å²) in [4.78, 5) is 18.0. The summed E-state index contributed by atoms with van der Waals surface area (Å²) in [7, 11) is 0. The second-order valence-corrected chi connectivity index (χ2v) is 7.91. The van der Waals surface area contributed by atoms with E-state index in [4.69, 9.17) is 0 Å². The Morgan fingerprint density at radius 1 is 1.00 bits per heavy atom. The molecule has 23 heavy (non-hydrogen) atoms. The Morgan fingerprint density at radius 2 is 1.57 bits per heavy atom. The minimum atomic E-state index is 0.414. The van der Waals surface area contributed by atoms with Gasteiger partial charge in [0.1, 0.15) is 0 Å². The average Bonchev–Trinajstić information content (AvgIpc) is 2.59. The number of amides is 1. The smallest absolute Gasteiger partial charge is 0.237 e. The lowest BCUT2D eigenvalue weighted by molar-refractivity contribution is -0.140. The van der Waals surface area contributed by atoms with E-state index < -0.39 is 0 Å². The molecule has 0 aromatic heterocycles. The first-order valence-electron chi connectivity index (χ1n) is 10.0. The summed E-state index contributed by atoms with van der Waals surface area (Å²) in [6, 6.07) is 1.53. The van der Waals surface area contributed by atoms with Crippen LogP contribution in [0.4, 0.5) is 0 Å². The third-order valence-corrected chi connectivity index (χ3v) is 6.20. The summed E-state index contributed by atoms with van der Waals surface area (Å²) in [6.45, 7) is 5.92. The quantitative estimate of drug-likeness (QED) is 0.865. The standard InChI is InChI=1S/C19H35N3O/c1-16-14-20-12-13-21(16)15-19(23)22(17-8-4-2-5-9-17)18-10-6-3-7-11-18/h16-18,20H,2-15H2,1H3/t16-/m0/s1. The van der Waals surface area contributed by atoms with Crippen molar-refractivity contribution in [3.05, 3.63) is 0 Å². The molecular weight excluding hydrogens is 286 g/mol. The van der Waals surface area contributed by atoms with Gasteiger partial charge in [0.2, 0.25) is 5.91 Å². The maximum atomic E-state index is 13.2. The molecule has 3 rings (SSSR count). The van der Waals surface area contributed by atoms with Crippen molar-refractivity contribution in [2.45, 2.75) is 89.3 Å². The fourth-order valence-corrected chi connectivity index (χ4v) is 4.80. The number of hydrogen-bond acceptors (Lipinski definition) is 3. The molecule has 132 valence electrons. The van der Waals surface area contributed by atoms with Crippen molar-refractivity contribution in [3.8, 4) is 0 Å². The lowest BCUT2D eigenvalue weighted by Gasteiger charge is -2.43. The van der Waals surface area contributed by atoms with Crippen LogP contribution < -0.4 is 5.32 Å². The molecule has 3 aliphatic rings. The van der Waals surface area contributed by atoms with Gasteiger partial charge in [-0.1, -0.05) is 38.5 Å². The zero-order valence-corrected chi connectivity index (χ0v) is 14.9. The highest BCUT2D eigenvalue weighted by molar-refractivity contribution is 5.79. The Balaban J connectivity index is 1.66. The molecule has 4 heteroatoms. The molecule has 1 N–H and O–H groups in total. The first-order valence-corrected chi connectivity index (χ1v) is 10.0. The van der Waals surface area contributed by atoms with Gasteiger partial charge in [0.15, 0.2) is 0 Å². The van der Waals surface area contributed by atoms with Gasteiger partial charge in [-0.25, -0.2) is 0 Å². The largest absolute Gasteiger partial charge is 0.336 e. The Hall–Kier alpha value is -0.610. The van der Waals surface area contributed by atoms with E-state index in [1.165, 1.54) is 64.2 Å². The molecule has 0 unspecified atom stereocenters. The average molecular weight is 322 g/mol. The fraction of sp³-hybridized carbons (Fsp3) is 0.947. The van der Waals surface area contributed by atoms with Gasteiger partial charge in [0.25, 0.3) is 0 Å². The third kappa shape index (κ3) is 4.48. The van der Waals surface area contributed by atoms with Crippen LogP contribution in [-0.4, -0.2) is 60.0 Å². The van der Waals surface area contributed by atoms with Crippen molar-refractivity contribution in [2.75, 3.05) is 26.2 Å². The molecule has 1 heterocycles.